The summed E-state index contributed by atoms with van der Waals surface area (Å²) in [6, 6.07) is 14.1. The number of amides is 2. The van der Waals surface area contributed by atoms with Crippen LogP contribution in [0.3, 0.4) is 0 Å². The standard InChI is InChI=1S/C26H27N7O3S/c1-2-27-25(34)32-12-9-26(17-32)10-13-33-23(26)15-22(30-33)18-14-19-20(29-16-18)6-5-7-21(19)31-37(35,36)24-8-3-4-11-28-24/h3-8,11,14-16,31H,2,9-10,12-13,17H2,1H3,(H,27,34). The number of aromatic nitrogens is 4. The number of carbonyl (C=O) groups excluding carboxylic acids is 1. The average molecular weight is 518 g/mol. The van der Waals surface area contributed by atoms with Gasteiger partial charge in [-0.05, 0) is 56.2 Å². The highest BCUT2D eigenvalue weighted by Gasteiger charge is 2.46. The molecular formula is C26H27N7O3S. The molecule has 0 bridgehead atoms. The van der Waals surface area contributed by atoms with Crippen LogP contribution in [0.25, 0.3) is 22.2 Å². The van der Waals surface area contributed by atoms with E-state index in [4.69, 9.17) is 5.10 Å². The predicted molar refractivity (Wildman–Crippen MR) is 140 cm³/mol. The molecule has 0 saturated carbocycles. The minimum absolute atomic E-state index is 0.0167. The van der Waals surface area contributed by atoms with Gasteiger partial charge in [0, 0.05) is 60.6 Å². The van der Waals surface area contributed by atoms with E-state index >= 15 is 0 Å². The van der Waals surface area contributed by atoms with E-state index in [0.29, 0.717) is 29.7 Å². The Balaban J connectivity index is 1.32. The summed E-state index contributed by atoms with van der Waals surface area (Å²) in [6.07, 6.45) is 5.08. The number of benzene rings is 1. The monoisotopic (exact) mass is 517 g/mol. The fraction of sp³-hybridized carbons (Fsp3) is 0.308. The van der Waals surface area contributed by atoms with Crippen LogP contribution in [0, 0.1) is 0 Å². The third kappa shape index (κ3) is 4.08. The van der Waals surface area contributed by atoms with Crippen molar-refractivity contribution in [1.82, 2.24) is 30.0 Å². The van der Waals surface area contributed by atoms with Crippen molar-refractivity contribution in [2.45, 2.75) is 36.8 Å². The van der Waals surface area contributed by atoms with Crippen LogP contribution in [-0.4, -0.2) is 58.7 Å². The SMILES string of the molecule is CCNC(=O)N1CCC2(CCn3nc(-c4cnc5cccc(NS(=O)(=O)c6ccccn6)c5c4)cc32)C1. The van der Waals surface area contributed by atoms with E-state index in [1.807, 2.05) is 28.6 Å². The van der Waals surface area contributed by atoms with Crippen molar-refractivity contribution >= 4 is 32.6 Å². The minimum atomic E-state index is -3.86. The van der Waals surface area contributed by atoms with Crippen LogP contribution in [-0.2, 0) is 22.0 Å². The number of urea groups is 1. The number of hydrogen-bond acceptors (Lipinski definition) is 6. The molecule has 3 aromatic heterocycles. The highest BCUT2D eigenvalue weighted by Crippen LogP contribution is 2.44. The number of likely N-dealkylation sites (tertiary alicyclic amines) is 1. The smallest absolute Gasteiger partial charge is 0.317 e. The maximum atomic E-state index is 12.9. The molecule has 1 saturated heterocycles. The fourth-order valence-corrected chi connectivity index (χ4v) is 6.44. The molecule has 1 spiro atoms. The maximum absolute atomic E-state index is 12.9. The summed E-state index contributed by atoms with van der Waals surface area (Å²) in [5.74, 6) is 0. The van der Waals surface area contributed by atoms with Crippen LogP contribution < -0.4 is 10.0 Å². The van der Waals surface area contributed by atoms with E-state index in [1.165, 1.54) is 12.3 Å². The first kappa shape index (κ1) is 23.4. The summed E-state index contributed by atoms with van der Waals surface area (Å²) in [7, 11) is -3.86. The lowest BCUT2D eigenvalue weighted by atomic mass is 9.82. The Morgan fingerprint density at radius 1 is 1.08 bits per heavy atom. The molecule has 0 aliphatic carbocycles. The van der Waals surface area contributed by atoms with E-state index in [0.717, 1.165) is 42.9 Å². The number of rotatable bonds is 5. The Hall–Kier alpha value is -3.99. The van der Waals surface area contributed by atoms with Gasteiger partial charge >= 0.3 is 6.03 Å². The molecule has 10 nitrogen and oxygen atoms in total. The Kier molecular flexibility index (Phi) is 5.59. The van der Waals surface area contributed by atoms with Crippen molar-refractivity contribution in [2.75, 3.05) is 24.4 Å². The van der Waals surface area contributed by atoms with Crippen LogP contribution in [0.2, 0.25) is 0 Å². The average Bonchev–Trinajstić information content (AvgIpc) is 3.61. The lowest BCUT2D eigenvalue weighted by Gasteiger charge is -2.23. The molecule has 190 valence electrons. The maximum Gasteiger partial charge on any atom is 0.317 e. The summed E-state index contributed by atoms with van der Waals surface area (Å²) in [4.78, 5) is 22.9. The molecule has 0 radical (unpaired) electrons. The van der Waals surface area contributed by atoms with E-state index in [1.54, 1.807) is 30.5 Å². The molecule has 6 rings (SSSR count). The number of nitrogens with one attached hydrogen (secondary N) is 2. The summed E-state index contributed by atoms with van der Waals surface area (Å²) in [6.45, 7) is 4.74. The molecule has 2 N–H and O–H groups in total. The van der Waals surface area contributed by atoms with Crippen molar-refractivity contribution in [3.05, 3.63) is 66.6 Å². The number of anilines is 1. The fourth-order valence-electron chi connectivity index (χ4n) is 5.41. The van der Waals surface area contributed by atoms with Gasteiger partial charge in [-0.3, -0.25) is 14.4 Å². The molecule has 1 unspecified atom stereocenters. The van der Waals surface area contributed by atoms with E-state index in [2.05, 4.69) is 26.1 Å². The molecule has 2 amide bonds. The summed E-state index contributed by atoms with van der Waals surface area (Å²) >= 11 is 0. The first-order valence-corrected chi connectivity index (χ1v) is 13.8. The number of nitrogens with zero attached hydrogens (tertiary/aromatic N) is 5. The Morgan fingerprint density at radius 3 is 2.76 bits per heavy atom. The molecule has 1 fully saturated rings. The van der Waals surface area contributed by atoms with Gasteiger partial charge in [-0.2, -0.15) is 13.5 Å². The van der Waals surface area contributed by atoms with Crippen molar-refractivity contribution in [2.24, 2.45) is 0 Å². The van der Waals surface area contributed by atoms with Gasteiger partial charge in [-0.25, -0.2) is 9.78 Å². The summed E-state index contributed by atoms with van der Waals surface area (Å²) in [5, 5.41) is 8.38. The van der Waals surface area contributed by atoms with Crippen molar-refractivity contribution < 1.29 is 13.2 Å². The van der Waals surface area contributed by atoms with Gasteiger partial charge < -0.3 is 10.2 Å². The number of fused-ring (bicyclic) bond motifs is 3. The second-order valence-electron chi connectivity index (χ2n) is 9.55. The lowest BCUT2D eigenvalue weighted by Crippen LogP contribution is -2.40. The van der Waals surface area contributed by atoms with Crippen LogP contribution in [0.5, 0.6) is 0 Å². The second-order valence-corrected chi connectivity index (χ2v) is 11.2. The quantitative estimate of drug-likeness (QED) is 0.419. The van der Waals surface area contributed by atoms with Crippen LogP contribution in [0.1, 0.15) is 25.5 Å². The Morgan fingerprint density at radius 2 is 1.95 bits per heavy atom. The molecule has 4 aromatic rings. The molecule has 1 atom stereocenters. The topological polar surface area (TPSA) is 122 Å². The number of pyridine rings is 2. The minimum Gasteiger partial charge on any atom is -0.338 e. The first-order valence-electron chi connectivity index (χ1n) is 12.3. The molecular weight excluding hydrogens is 490 g/mol. The Labute approximate surface area is 214 Å². The van der Waals surface area contributed by atoms with Crippen molar-refractivity contribution in [3.63, 3.8) is 0 Å². The zero-order valence-electron chi connectivity index (χ0n) is 20.4. The third-order valence-electron chi connectivity index (χ3n) is 7.27. The number of carbonyl (C=O) groups is 1. The third-order valence-corrected chi connectivity index (χ3v) is 8.55. The van der Waals surface area contributed by atoms with Gasteiger partial charge in [-0.1, -0.05) is 12.1 Å². The highest BCUT2D eigenvalue weighted by atomic mass is 32.2. The van der Waals surface area contributed by atoms with Crippen LogP contribution in [0.15, 0.2) is 66.0 Å². The number of aryl methyl sites for hydroxylation is 1. The number of hydrogen-bond donors (Lipinski definition) is 2. The first-order chi connectivity index (χ1) is 17.9. The van der Waals surface area contributed by atoms with Crippen molar-refractivity contribution in [3.8, 4) is 11.3 Å². The highest BCUT2D eigenvalue weighted by molar-refractivity contribution is 7.92. The van der Waals surface area contributed by atoms with Crippen molar-refractivity contribution in [1.29, 1.82) is 0 Å². The molecule has 2 aliphatic heterocycles. The Bertz CT molecular complexity index is 1600. The molecule has 5 heterocycles. The van der Waals surface area contributed by atoms with E-state index < -0.39 is 10.0 Å². The van der Waals surface area contributed by atoms with Gasteiger partial charge in [0.15, 0.2) is 5.03 Å². The van der Waals surface area contributed by atoms with Gasteiger partial charge in [0.1, 0.15) is 0 Å². The van der Waals surface area contributed by atoms with Gasteiger partial charge in [0.2, 0.25) is 0 Å². The van der Waals surface area contributed by atoms with E-state index in [9.17, 15) is 13.2 Å². The molecule has 11 heteroatoms. The zero-order chi connectivity index (χ0) is 25.6. The van der Waals surface area contributed by atoms with Crippen LogP contribution >= 0.6 is 0 Å². The van der Waals surface area contributed by atoms with Gasteiger partial charge in [0.05, 0.1) is 16.9 Å². The normalized spacial score (nSPS) is 18.9. The summed E-state index contributed by atoms with van der Waals surface area (Å²) in [5.41, 5.74) is 3.72. The largest absolute Gasteiger partial charge is 0.338 e. The molecule has 37 heavy (non-hydrogen) atoms. The molecule has 2 aliphatic rings. The zero-order valence-corrected chi connectivity index (χ0v) is 21.2. The van der Waals surface area contributed by atoms with Crippen LogP contribution in [0.4, 0.5) is 10.5 Å². The van der Waals surface area contributed by atoms with Gasteiger partial charge in [-0.15, -0.1) is 0 Å². The lowest BCUT2D eigenvalue weighted by molar-refractivity contribution is 0.206. The summed E-state index contributed by atoms with van der Waals surface area (Å²) < 4.78 is 30.5. The predicted octanol–water partition coefficient (Wildman–Crippen LogP) is 3.37. The van der Waals surface area contributed by atoms with E-state index in [-0.39, 0.29) is 16.5 Å². The van der Waals surface area contributed by atoms with Gasteiger partial charge in [0.25, 0.3) is 10.0 Å². The number of sulfonamides is 1. The second kappa shape index (κ2) is 8.84. The molecule has 1 aromatic carbocycles.